The van der Waals surface area contributed by atoms with Gasteiger partial charge in [0.05, 0.1) is 13.2 Å². The molecule has 1 aromatic carbocycles. The van der Waals surface area contributed by atoms with Crippen molar-refractivity contribution in [1.82, 2.24) is 4.90 Å². The number of carbonyl (C=O) groups is 1. The summed E-state index contributed by atoms with van der Waals surface area (Å²) in [5.74, 6) is 0.0186. The van der Waals surface area contributed by atoms with E-state index in [0.29, 0.717) is 24.7 Å². The molecule has 1 fully saturated rings. The number of morpholine rings is 1. The number of amides is 1. The van der Waals surface area contributed by atoms with E-state index in [-0.39, 0.29) is 17.4 Å². The lowest BCUT2D eigenvalue weighted by Crippen LogP contribution is -2.50. The van der Waals surface area contributed by atoms with Crippen molar-refractivity contribution in [3.8, 4) is 0 Å². The molecular formula is C16H22N2O2S. The average molecular weight is 306 g/mol. The van der Waals surface area contributed by atoms with Gasteiger partial charge in [-0.15, -0.1) is 0 Å². The predicted molar refractivity (Wildman–Crippen MR) is 87.6 cm³/mol. The lowest BCUT2D eigenvalue weighted by Gasteiger charge is -2.33. The van der Waals surface area contributed by atoms with Gasteiger partial charge in [-0.1, -0.05) is 51.2 Å². The summed E-state index contributed by atoms with van der Waals surface area (Å²) in [6.07, 6.45) is -0.348. The summed E-state index contributed by atoms with van der Waals surface area (Å²) in [6.45, 7) is 7.78. The van der Waals surface area contributed by atoms with E-state index < -0.39 is 0 Å². The molecule has 1 aromatic rings. The van der Waals surface area contributed by atoms with Crippen molar-refractivity contribution in [1.29, 1.82) is 0 Å². The lowest BCUT2D eigenvalue weighted by molar-refractivity contribution is 0.00868. The maximum absolute atomic E-state index is 12.8. The van der Waals surface area contributed by atoms with Crippen LogP contribution in [0.4, 0.5) is 0 Å². The Hall–Kier alpha value is -1.46. The zero-order valence-corrected chi connectivity index (χ0v) is 13.6. The summed E-state index contributed by atoms with van der Waals surface area (Å²) in [5, 5.41) is 0. The summed E-state index contributed by atoms with van der Waals surface area (Å²) in [6, 6.07) is 7.76. The van der Waals surface area contributed by atoms with Crippen molar-refractivity contribution in [2.75, 3.05) is 19.7 Å². The van der Waals surface area contributed by atoms with E-state index in [9.17, 15) is 4.79 Å². The Balaban J connectivity index is 2.26. The van der Waals surface area contributed by atoms with Gasteiger partial charge in [-0.2, -0.15) is 0 Å². The molecule has 0 spiro atoms. The van der Waals surface area contributed by atoms with Gasteiger partial charge in [-0.05, 0) is 17.0 Å². The molecule has 21 heavy (non-hydrogen) atoms. The van der Waals surface area contributed by atoms with Gasteiger partial charge in [-0.3, -0.25) is 4.79 Å². The number of benzene rings is 1. The van der Waals surface area contributed by atoms with Crippen LogP contribution in [0.2, 0.25) is 0 Å². The Morgan fingerprint density at radius 2 is 2.05 bits per heavy atom. The van der Waals surface area contributed by atoms with Gasteiger partial charge in [0.25, 0.3) is 5.91 Å². The fourth-order valence-electron chi connectivity index (χ4n) is 2.50. The summed E-state index contributed by atoms with van der Waals surface area (Å²) in [4.78, 5) is 14.9. The minimum absolute atomic E-state index is 0.0186. The van der Waals surface area contributed by atoms with Gasteiger partial charge in [-0.25, -0.2) is 0 Å². The summed E-state index contributed by atoms with van der Waals surface area (Å²) >= 11 is 4.97. The van der Waals surface area contributed by atoms with E-state index in [4.69, 9.17) is 22.7 Å². The highest BCUT2D eigenvalue weighted by Crippen LogP contribution is 2.27. The normalized spacial score (nSPS) is 19.4. The molecule has 0 aromatic heterocycles. The Morgan fingerprint density at radius 3 is 2.67 bits per heavy atom. The predicted octanol–water partition coefficient (Wildman–Crippen LogP) is 2.11. The van der Waals surface area contributed by atoms with E-state index >= 15 is 0 Å². The maximum Gasteiger partial charge on any atom is 0.254 e. The molecule has 0 bridgehead atoms. The van der Waals surface area contributed by atoms with Gasteiger partial charge in [0.1, 0.15) is 11.1 Å². The molecule has 0 aliphatic carbocycles. The quantitative estimate of drug-likeness (QED) is 0.850. The summed E-state index contributed by atoms with van der Waals surface area (Å²) < 4.78 is 5.49. The van der Waals surface area contributed by atoms with Crippen molar-refractivity contribution < 1.29 is 9.53 Å². The van der Waals surface area contributed by atoms with Gasteiger partial charge in [0.15, 0.2) is 0 Å². The van der Waals surface area contributed by atoms with Crippen molar-refractivity contribution in [3.63, 3.8) is 0 Å². The first-order valence-electron chi connectivity index (χ1n) is 7.10. The number of thiocarbonyl (C=S) groups is 1. The van der Waals surface area contributed by atoms with E-state index in [1.54, 1.807) is 4.90 Å². The lowest BCUT2D eigenvalue weighted by atomic mass is 9.83. The second-order valence-corrected chi connectivity index (χ2v) is 6.78. The summed E-state index contributed by atoms with van der Waals surface area (Å²) in [5.41, 5.74) is 7.35. The molecule has 2 N–H and O–H groups in total. The number of carbonyl (C=O) groups excluding carboxylic acids is 1. The fraction of sp³-hybridized carbons (Fsp3) is 0.500. The number of ether oxygens (including phenoxy) is 1. The highest BCUT2D eigenvalue weighted by atomic mass is 32.1. The van der Waals surface area contributed by atoms with E-state index in [2.05, 4.69) is 20.8 Å². The van der Waals surface area contributed by atoms with Crippen LogP contribution in [0.1, 0.15) is 36.7 Å². The molecule has 114 valence electrons. The zero-order valence-electron chi connectivity index (χ0n) is 12.8. The van der Waals surface area contributed by atoms with Gasteiger partial charge in [0.2, 0.25) is 0 Å². The van der Waals surface area contributed by atoms with Crippen LogP contribution in [0.3, 0.4) is 0 Å². The highest BCUT2D eigenvalue weighted by molar-refractivity contribution is 7.80. The molecule has 0 radical (unpaired) electrons. The first kappa shape index (κ1) is 15.9. The van der Waals surface area contributed by atoms with Crippen LogP contribution >= 0.6 is 12.2 Å². The molecular weight excluding hydrogens is 284 g/mol. The molecule has 1 aliphatic heterocycles. The second kappa shape index (κ2) is 6.12. The third-order valence-corrected chi connectivity index (χ3v) is 3.90. The number of hydrogen-bond donors (Lipinski definition) is 1. The number of nitrogens with two attached hydrogens (primary N) is 1. The molecule has 2 rings (SSSR count). The van der Waals surface area contributed by atoms with Crippen molar-refractivity contribution >= 4 is 23.1 Å². The molecule has 1 heterocycles. The Morgan fingerprint density at radius 1 is 1.38 bits per heavy atom. The smallest absolute Gasteiger partial charge is 0.254 e. The molecule has 5 heteroatoms. The van der Waals surface area contributed by atoms with Crippen LogP contribution in [0, 0.1) is 0 Å². The van der Waals surface area contributed by atoms with Crippen molar-refractivity contribution in [2.24, 2.45) is 5.73 Å². The fourth-order valence-corrected chi connectivity index (χ4v) is 2.64. The van der Waals surface area contributed by atoms with Crippen LogP contribution in [0.5, 0.6) is 0 Å². The molecule has 4 nitrogen and oxygen atoms in total. The highest BCUT2D eigenvalue weighted by Gasteiger charge is 2.29. The Bertz CT molecular complexity index is 551. The monoisotopic (exact) mass is 306 g/mol. The van der Waals surface area contributed by atoms with E-state index in [1.807, 2.05) is 24.3 Å². The first-order valence-corrected chi connectivity index (χ1v) is 7.51. The van der Waals surface area contributed by atoms with Gasteiger partial charge >= 0.3 is 0 Å². The molecule has 1 aliphatic rings. The van der Waals surface area contributed by atoms with Crippen molar-refractivity contribution in [3.05, 3.63) is 35.4 Å². The third-order valence-electron chi connectivity index (χ3n) is 3.64. The SMILES string of the molecule is CC(C)(C)c1ccccc1C(=O)N1CCOC(C(N)=S)C1. The standard InChI is InChI=1S/C16H22N2O2S/c1-16(2,3)12-7-5-4-6-11(12)15(19)18-8-9-20-13(10-18)14(17)21/h4-7,13H,8-10H2,1-3H3,(H2,17,21). The first-order chi connectivity index (χ1) is 9.80. The Labute approximate surface area is 131 Å². The second-order valence-electron chi connectivity index (χ2n) is 6.31. The number of nitrogens with zero attached hydrogens (tertiary/aromatic N) is 1. The molecule has 1 amide bonds. The largest absolute Gasteiger partial charge is 0.391 e. The number of hydrogen-bond acceptors (Lipinski definition) is 3. The van der Waals surface area contributed by atoms with Gasteiger partial charge < -0.3 is 15.4 Å². The molecule has 1 unspecified atom stereocenters. The van der Waals surface area contributed by atoms with Crippen LogP contribution in [-0.2, 0) is 10.2 Å². The average Bonchev–Trinajstić information content (AvgIpc) is 2.45. The van der Waals surface area contributed by atoms with E-state index in [1.165, 1.54) is 0 Å². The Kier molecular flexibility index (Phi) is 4.64. The van der Waals surface area contributed by atoms with Crippen molar-refractivity contribution in [2.45, 2.75) is 32.3 Å². The molecule has 0 saturated carbocycles. The zero-order chi connectivity index (χ0) is 15.6. The topological polar surface area (TPSA) is 55.6 Å². The summed E-state index contributed by atoms with van der Waals surface area (Å²) in [7, 11) is 0. The van der Waals surface area contributed by atoms with Crippen LogP contribution in [0.25, 0.3) is 0 Å². The van der Waals surface area contributed by atoms with Crippen LogP contribution in [0.15, 0.2) is 24.3 Å². The maximum atomic E-state index is 12.8. The van der Waals surface area contributed by atoms with Crippen LogP contribution in [-0.4, -0.2) is 41.6 Å². The minimum atomic E-state index is -0.348. The third kappa shape index (κ3) is 3.60. The van der Waals surface area contributed by atoms with Crippen LogP contribution < -0.4 is 5.73 Å². The molecule has 1 saturated heterocycles. The van der Waals surface area contributed by atoms with Gasteiger partial charge in [0, 0.05) is 12.1 Å². The van der Waals surface area contributed by atoms with E-state index in [0.717, 1.165) is 11.1 Å². The minimum Gasteiger partial charge on any atom is -0.391 e. The number of rotatable bonds is 2. The molecule has 1 atom stereocenters.